The maximum Gasteiger partial charge on any atom is 0.0684 e. The molecule has 1 aliphatic rings. The molecule has 0 radical (unpaired) electrons. The highest BCUT2D eigenvalue weighted by Crippen LogP contribution is 2.22. The lowest BCUT2D eigenvalue weighted by atomic mass is 10.0. The third kappa shape index (κ3) is 3.49. The van der Waals surface area contributed by atoms with Crippen molar-refractivity contribution >= 4 is 5.69 Å². The van der Waals surface area contributed by atoms with Crippen LogP contribution in [0.1, 0.15) is 12.5 Å². The molecule has 0 unspecified atom stereocenters. The Bertz CT molecular complexity index is 571. The molecule has 3 rings (SSSR count). The van der Waals surface area contributed by atoms with Gasteiger partial charge in [-0.05, 0) is 24.6 Å². The number of anilines is 1. The van der Waals surface area contributed by atoms with Gasteiger partial charge in [-0.2, -0.15) is 0 Å². The highest BCUT2D eigenvalue weighted by molar-refractivity contribution is 5.46. The molecular formula is C19H24N2O. The van der Waals surface area contributed by atoms with Crippen molar-refractivity contribution in [3.05, 3.63) is 66.2 Å². The number of para-hydroxylation sites is 1. The van der Waals surface area contributed by atoms with Gasteiger partial charge in [0.1, 0.15) is 0 Å². The highest BCUT2D eigenvalue weighted by Gasteiger charge is 2.30. The summed E-state index contributed by atoms with van der Waals surface area (Å²) in [6.07, 6.45) is -0.338. The molecule has 116 valence electrons. The van der Waals surface area contributed by atoms with Gasteiger partial charge in [-0.3, -0.25) is 4.90 Å². The molecule has 2 aromatic rings. The van der Waals surface area contributed by atoms with Crippen LogP contribution in [0.4, 0.5) is 5.69 Å². The summed E-state index contributed by atoms with van der Waals surface area (Å²) in [6, 6.07) is 21.1. The minimum Gasteiger partial charge on any atom is -0.392 e. The van der Waals surface area contributed by atoms with Crippen molar-refractivity contribution in [2.45, 2.75) is 25.6 Å². The van der Waals surface area contributed by atoms with Crippen molar-refractivity contribution in [1.29, 1.82) is 0 Å². The number of hydrogen-bond donors (Lipinski definition) is 1. The van der Waals surface area contributed by atoms with Crippen LogP contribution in [-0.2, 0) is 6.54 Å². The second-order valence-electron chi connectivity index (χ2n) is 6.05. The van der Waals surface area contributed by atoms with Gasteiger partial charge in [0.05, 0.1) is 12.1 Å². The van der Waals surface area contributed by atoms with E-state index < -0.39 is 0 Å². The first-order chi connectivity index (χ1) is 10.7. The minimum absolute atomic E-state index is 0.161. The number of rotatable bonds is 4. The third-order valence-electron chi connectivity index (χ3n) is 4.44. The van der Waals surface area contributed by atoms with Crippen molar-refractivity contribution in [1.82, 2.24) is 4.90 Å². The fourth-order valence-electron chi connectivity index (χ4n) is 3.19. The normalized spacial score (nSPS) is 20.8. The molecule has 22 heavy (non-hydrogen) atoms. The zero-order chi connectivity index (χ0) is 15.4. The number of benzene rings is 2. The van der Waals surface area contributed by atoms with Crippen molar-refractivity contribution in [2.24, 2.45) is 0 Å². The van der Waals surface area contributed by atoms with Crippen molar-refractivity contribution in [2.75, 3.05) is 24.5 Å². The molecule has 0 saturated carbocycles. The van der Waals surface area contributed by atoms with Gasteiger partial charge in [-0.15, -0.1) is 0 Å². The Balaban J connectivity index is 1.72. The molecular weight excluding hydrogens is 272 g/mol. The maximum absolute atomic E-state index is 10.2. The van der Waals surface area contributed by atoms with E-state index in [-0.39, 0.29) is 12.1 Å². The van der Waals surface area contributed by atoms with Gasteiger partial charge in [0.15, 0.2) is 0 Å². The molecule has 0 aliphatic carbocycles. The van der Waals surface area contributed by atoms with Crippen molar-refractivity contribution < 1.29 is 5.11 Å². The Hall–Kier alpha value is -1.84. The summed E-state index contributed by atoms with van der Waals surface area (Å²) < 4.78 is 0. The number of piperazine rings is 1. The first-order valence-corrected chi connectivity index (χ1v) is 8.00. The van der Waals surface area contributed by atoms with Crippen LogP contribution in [0.2, 0.25) is 0 Å². The van der Waals surface area contributed by atoms with Crippen molar-refractivity contribution in [3.63, 3.8) is 0 Å². The standard InChI is InChI=1S/C19H24N2O/c1-16(22)19-15-20(18-10-6-3-7-11-18)12-13-21(19)14-17-8-4-2-5-9-17/h2-11,16,19,22H,12-15H2,1H3/t16-,19-/m1/s1. The summed E-state index contributed by atoms with van der Waals surface area (Å²) in [6.45, 7) is 5.64. The Morgan fingerprint density at radius 2 is 1.64 bits per heavy atom. The number of nitrogens with zero attached hydrogens (tertiary/aromatic N) is 2. The lowest BCUT2D eigenvalue weighted by Crippen LogP contribution is -2.56. The zero-order valence-corrected chi connectivity index (χ0v) is 13.1. The zero-order valence-electron chi connectivity index (χ0n) is 13.1. The van der Waals surface area contributed by atoms with Gasteiger partial charge in [0.2, 0.25) is 0 Å². The highest BCUT2D eigenvalue weighted by atomic mass is 16.3. The SMILES string of the molecule is C[C@@H](O)[C@H]1CN(c2ccccc2)CCN1Cc1ccccc1. The van der Waals surface area contributed by atoms with E-state index >= 15 is 0 Å². The quantitative estimate of drug-likeness (QED) is 0.940. The van der Waals surface area contributed by atoms with Crippen molar-refractivity contribution in [3.8, 4) is 0 Å². The first kappa shape index (κ1) is 15.1. The first-order valence-electron chi connectivity index (χ1n) is 8.00. The minimum atomic E-state index is -0.338. The molecule has 2 aromatic carbocycles. The Kier molecular flexibility index (Phi) is 4.76. The van der Waals surface area contributed by atoms with Crippen LogP contribution < -0.4 is 4.90 Å². The second-order valence-corrected chi connectivity index (χ2v) is 6.05. The largest absolute Gasteiger partial charge is 0.392 e. The summed E-state index contributed by atoms with van der Waals surface area (Å²) in [5.41, 5.74) is 2.55. The maximum atomic E-state index is 10.2. The van der Waals surface area contributed by atoms with Gasteiger partial charge in [-0.1, -0.05) is 48.5 Å². The topological polar surface area (TPSA) is 26.7 Å². The van der Waals surface area contributed by atoms with Gasteiger partial charge in [0, 0.05) is 31.9 Å². The van der Waals surface area contributed by atoms with Gasteiger partial charge in [0.25, 0.3) is 0 Å². The summed E-state index contributed by atoms with van der Waals surface area (Å²) in [4.78, 5) is 4.78. The summed E-state index contributed by atoms with van der Waals surface area (Å²) in [5.74, 6) is 0. The predicted molar refractivity (Wildman–Crippen MR) is 91.0 cm³/mol. The Labute approximate surface area is 132 Å². The monoisotopic (exact) mass is 296 g/mol. The summed E-state index contributed by atoms with van der Waals surface area (Å²) >= 11 is 0. The summed E-state index contributed by atoms with van der Waals surface area (Å²) in [5, 5.41) is 10.2. The van der Waals surface area contributed by atoms with Crippen LogP contribution in [0.15, 0.2) is 60.7 Å². The number of aliphatic hydroxyl groups excluding tert-OH is 1. The molecule has 1 heterocycles. The Morgan fingerprint density at radius 1 is 1.00 bits per heavy atom. The van der Waals surface area contributed by atoms with Gasteiger partial charge < -0.3 is 10.0 Å². The molecule has 0 spiro atoms. The average molecular weight is 296 g/mol. The van der Waals surface area contributed by atoms with E-state index in [1.54, 1.807) is 0 Å². The van der Waals surface area contributed by atoms with E-state index in [0.29, 0.717) is 0 Å². The van der Waals surface area contributed by atoms with E-state index in [0.717, 1.165) is 26.2 Å². The molecule has 3 nitrogen and oxygen atoms in total. The fourth-order valence-corrected chi connectivity index (χ4v) is 3.19. The molecule has 0 aromatic heterocycles. The third-order valence-corrected chi connectivity index (χ3v) is 4.44. The predicted octanol–water partition coefficient (Wildman–Crippen LogP) is 2.76. The lowest BCUT2D eigenvalue weighted by molar-refractivity contribution is 0.0483. The molecule has 1 N–H and O–H groups in total. The number of hydrogen-bond acceptors (Lipinski definition) is 3. The van der Waals surface area contributed by atoms with Crippen LogP contribution in [0.5, 0.6) is 0 Å². The second kappa shape index (κ2) is 6.95. The average Bonchev–Trinajstić information content (AvgIpc) is 2.57. The molecule has 3 heteroatoms. The van der Waals surface area contributed by atoms with Gasteiger partial charge >= 0.3 is 0 Å². The Morgan fingerprint density at radius 3 is 2.27 bits per heavy atom. The van der Waals surface area contributed by atoms with Crippen LogP contribution in [0, 0.1) is 0 Å². The van der Waals surface area contributed by atoms with E-state index in [2.05, 4.69) is 58.3 Å². The molecule has 1 aliphatic heterocycles. The number of aliphatic hydroxyl groups is 1. The van der Waals surface area contributed by atoms with Gasteiger partial charge in [-0.25, -0.2) is 0 Å². The lowest BCUT2D eigenvalue weighted by Gasteiger charge is -2.43. The molecule has 2 atom stereocenters. The smallest absolute Gasteiger partial charge is 0.0684 e. The van der Waals surface area contributed by atoms with E-state index in [1.165, 1.54) is 11.3 Å². The van der Waals surface area contributed by atoms with Crippen LogP contribution in [0.3, 0.4) is 0 Å². The summed E-state index contributed by atoms with van der Waals surface area (Å²) in [7, 11) is 0. The molecule has 1 fully saturated rings. The van der Waals surface area contributed by atoms with Crippen LogP contribution in [-0.4, -0.2) is 41.8 Å². The van der Waals surface area contributed by atoms with E-state index in [4.69, 9.17) is 0 Å². The molecule has 1 saturated heterocycles. The van der Waals surface area contributed by atoms with E-state index in [9.17, 15) is 5.11 Å². The van der Waals surface area contributed by atoms with Crippen LogP contribution >= 0.6 is 0 Å². The fraction of sp³-hybridized carbons (Fsp3) is 0.368. The van der Waals surface area contributed by atoms with E-state index in [1.807, 2.05) is 19.1 Å². The molecule has 0 amide bonds. The molecule has 0 bridgehead atoms. The van der Waals surface area contributed by atoms with Crippen LogP contribution in [0.25, 0.3) is 0 Å².